The van der Waals surface area contributed by atoms with Crippen molar-refractivity contribution >= 4 is 0 Å². The van der Waals surface area contributed by atoms with E-state index in [0.717, 1.165) is 12.1 Å². The summed E-state index contributed by atoms with van der Waals surface area (Å²) in [5, 5.41) is 0. The van der Waals surface area contributed by atoms with E-state index in [4.69, 9.17) is 5.84 Å². The Bertz CT molecular complexity index is 326. The van der Waals surface area contributed by atoms with Crippen molar-refractivity contribution in [1.82, 2.24) is 5.43 Å². The van der Waals surface area contributed by atoms with Crippen molar-refractivity contribution in [1.29, 1.82) is 0 Å². The lowest BCUT2D eigenvalue weighted by Crippen LogP contribution is -2.40. The van der Waals surface area contributed by atoms with Crippen LogP contribution in [0, 0.1) is 17.6 Å². The summed E-state index contributed by atoms with van der Waals surface area (Å²) in [6.07, 6.45) is 0.387. The number of nitrogens with two attached hydrogens (primary N) is 1. The van der Waals surface area contributed by atoms with Crippen LogP contribution in [0.4, 0.5) is 8.78 Å². The molecule has 1 atom stereocenters. The van der Waals surface area contributed by atoms with Crippen LogP contribution >= 0.6 is 0 Å². The minimum atomic E-state index is -0.425. The molecular formula is C11H16F2N2. The SMILES string of the molecule is CC(C)C(Cc1cc(F)ccc1F)NN. The van der Waals surface area contributed by atoms with Gasteiger partial charge in [-0.25, -0.2) is 8.78 Å². The molecule has 4 heteroatoms. The maximum Gasteiger partial charge on any atom is 0.126 e. The topological polar surface area (TPSA) is 38.0 Å². The molecule has 84 valence electrons. The molecule has 0 spiro atoms. The first kappa shape index (κ1) is 12.1. The van der Waals surface area contributed by atoms with Crippen LogP contribution in [0.25, 0.3) is 0 Å². The van der Waals surface area contributed by atoms with Gasteiger partial charge >= 0.3 is 0 Å². The van der Waals surface area contributed by atoms with Gasteiger partial charge in [-0.2, -0.15) is 0 Å². The number of halogens is 2. The average molecular weight is 214 g/mol. The molecule has 0 fully saturated rings. The van der Waals surface area contributed by atoms with Crippen molar-refractivity contribution in [3.63, 3.8) is 0 Å². The molecule has 15 heavy (non-hydrogen) atoms. The van der Waals surface area contributed by atoms with Crippen molar-refractivity contribution in [2.24, 2.45) is 11.8 Å². The molecule has 1 rings (SSSR count). The summed E-state index contributed by atoms with van der Waals surface area (Å²) >= 11 is 0. The van der Waals surface area contributed by atoms with Crippen LogP contribution in [0.15, 0.2) is 18.2 Å². The molecule has 0 radical (unpaired) electrons. The summed E-state index contributed by atoms with van der Waals surface area (Å²) in [6, 6.07) is 3.40. The second kappa shape index (κ2) is 5.19. The lowest BCUT2D eigenvalue weighted by atomic mass is 9.97. The highest BCUT2D eigenvalue weighted by molar-refractivity contribution is 5.19. The Morgan fingerprint density at radius 2 is 2.00 bits per heavy atom. The minimum absolute atomic E-state index is 0.0544. The van der Waals surface area contributed by atoms with Crippen LogP contribution < -0.4 is 11.3 Å². The zero-order valence-corrected chi connectivity index (χ0v) is 8.93. The molecular weight excluding hydrogens is 198 g/mol. The lowest BCUT2D eigenvalue weighted by molar-refractivity contribution is 0.398. The van der Waals surface area contributed by atoms with Crippen LogP contribution in [-0.2, 0) is 6.42 Å². The molecule has 1 unspecified atom stereocenters. The summed E-state index contributed by atoms with van der Waals surface area (Å²) in [6.45, 7) is 3.95. The number of nitrogens with one attached hydrogen (secondary N) is 1. The fourth-order valence-corrected chi connectivity index (χ4v) is 1.42. The molecule has 0 saturated carbocycles. The van der Waals surface area contributed by atoms with E-state index in [9.17, 15) is 8.78 Å². The quantitative estimate of drug-likeness (QED) is 0.594. The van der Waals surface area contributed by atoms with Crippen molar-refractivity contribution in [3.8, 4) is 0 Å². The standard InChI is InChI=1S/C11H16F2N2/c1-7(2)11(15-14)6-8-5-9(12)3-4-10(8)13/h3-5,7,11,15H,6,14H2,1-2H3. The van der Waals surface area contributed by atoms with Crippen LogP contribution in [-0.4, -0.2) is 6.04 Å². The third-order valence-corrected chi connectivity index (χ3v) is 2.47. The van der Waals surface area contributed by atoms with Gasteiger partial charge in [-0.15, -0.1) is 0 Å². The highest BCUT2D eigenvalue weighted by atomic mass is 19.1. The van der Waals surface area contributed by atoms with Gasteiger partial charge < -0.3 is 0 Å². The van der Waals surface area contributed by atoms with Crippen LogP contribution in [0.2, 0.25) is 0 Å². The smallest absolute Gasteiger partial charge is 0.126 e. The maximum absolute atomic E-state index is 13.3. The van der Waals surface area contributed by atoms with Gasteiger partial charge in [0.2, 0.25) is 0 Å². The van der Waals surface area contributed by atoms with Crippen molar-refractivity contribution < 1.29 is 8.78 Å². The van der Waals surface area contributed by atoms with E-state index in [1.165, 1.54) is 6.07 Å². The summed E-state index contributed by atoms with van der Waals surface area (Å²) in [7, 11) is 0. The zero-order chi connectivity index (χ0) is 11.4. The first-order valence-corrected chi connectivity index (χ1v) is 4.94. The minimum Gasteiger partial charge on any atom is -0.271 e. The predicted molar refractivity (Wildman–Crippen MR) is 56.0 cm³/mol. The zero-order valence-electron chi connectivity index (χ0n) is 8.93. The molecule has 2 nitrogen and oxygen atoms in total. The second-order valence-corrected chi connectivity index (χ2v) is 3.96. The lowest BCUT2D eigenvalue weighted by Gasteiger charge is -2.19. The third-order valence-electron chi connectivity index (χ3n) is 2.47. The molecule has 0 aliphatic heterocycles. The Morgan fingerprint density at radius 3 is 2.53 bits per heavy atom. The third kappa shape index (κ3) is 3.25. The Morgan fingerprint density at radius 1 is 1.33 bits per heavy atom. The van der Waals surface area contributed by atoms with Crippen LogP contribution in [0.3, 0.4) is 0 Å². The highest BCUT2D eigenvalue weighted by Crippen LogP contribution is 2.14. The van der Waals surface area contributed by atoms with Gasteiger partial charge in [0.15, 0.2) is 0 Å². The summed E-state index contributed by atoms with van der Waals surface area (Å²) < 4.78 is 26.2. The summed E-state index contributed by atoms with van der Waals surface area (Å²) in [4.78, 5) is 0. The van der Waals surface area contributed by atoms with E-state index in [1.54, 1.807) is 0 Å². The summed E-state index contributed by atoms with van der Waals surface area (Å²) in [5.74, 6) is 4.79. The predicted octanol–water partition coefficient (Wildman–Crippen LogP) is 2.00. The van der Waals surface area contributed by atoms with Gasteiger partial charge in [-0.1, -0.05) is 13.8 Å². The van der Waals surface area contributed by atoms with E-state index < -0.39 is 11.6 Å². The van der Waals surface area contributed by atoms with Crippen LogP contribution in [0.5, 0.6) is 0 Å². The van der Waals surface area contributed by atoms with Gasteiger partial charge in [-0.05, 0) is 36.1 Å². The Labute approximate surface area is 88.4 Å². The van der Waals surface area contributed by atoms with E-state index in [1.807, 2.05) is 13.8 Å². The molecule has 0 aliphatic rings. The van der Waals surface area contributed by atoms with Crippen molar-refractivity contribution in [2.45, 2.75) is 26.3 Å². The molecule has 0 heterocycles. The molecule has 0 saturated heterocycles. The molecule has 1 aromatic rings. The Hall–Kier alpha value is -1.00. The number of rotatable bonds is 4. The van der Waals surface area contributed by atoms with Crippen LogP contribution in [0.1, 0.15) is 19.4 Å². The van der Waals surface area contributed by atoms with E-state index >= 15 is 0 Å². The number of hydrazine groups is 1. The fraction of sp³-hybridized carbons (Fsp3) is 0.455. The van der Waals surface area contributed by atoms with Gasteiger partial charge in [0.25, 0.3) is 0 Å². The molecule has 0 aliphatic carbocycles. The highest BCUT2D eigenvalue weighted by Gasteiger charge is 2.14. The average Bonchev–Trinajstić information content (AvgIpc) is 2.18. The first-order chi connectivity index (χ1) is 7.04. The van der Waals surface area contributed by atoms with E-state index in [-0.39, 0.29) is 12.0 Å². The molecule has 3 N–H and O–H groups in total. The van der Waals surface area contributed by atoms with Crippen molar-refractivity contribution in [3.05, 3.63) is 35.4 Å². The summed E-state index contributed by atoms with van der Waals surface area (Å²) in [5.41, 5.74) is 2.96. The molecule has 0 aromatic heterocycles. The second-order valence-electron chi connectivity index (χ2n) is 3.96. The molecule has 0 amide bonds. The Kier molecular flexibility index (Phi) is 4.17. The number of benzene rings is 1. The van der Waals surface area contributed by atoms with E-state index in [0.29, 0.717) is 12.0 Å². The number of hydrogen-bond donors (Lipinski definition) is 2. The van der Waals surface area contributed by atoms with Gasteiger partial charge in [0.1, 0.15) is 11.6 Å². The molecule has 0 bridgehead atoms. The normalized spacial score (nSPS) is 13.2. The largest absolute Gasteiger partial charge is 0.271 e. The maximum atomic E-state index is 13.3. The van der Waals surface area contributed by atoms with Crippen molar-refractivity contribution in [2.75, 3.05) is 0 Å². The first-order valence-electron chi connectivity index (χ1n) is 4.94. The number of hydrogen-bond acceptors (Lipinski definition) is 2. The fourth-order valence-electron chi connectivity index (χ4n) is 1.42. The molecule has 1 aromatic carbocycles. The van der Waals surface area contributed by atoms with Gasteiger partial charge in [0, 0.05) is 6.04 Å². The van der Waals surface area contributed by atoms with E-state index in [2.05, 4.69) is 5.43 Å². The Balaban J connectivity index is 2.82. The van der Waals surface area contributed by atoms with Gasteiger partial charge in [-0.3, -0.25) is 11.3 Å². The monoisotopic (exact) mass is 214 g/mol. The van der Waals surface area contributed by atoms with Gasteiger partial charge in [0.05, 0.1) is 0 Å².